The second-order valence-corrected chi connectivity index (χ2v) is 4.26. The number of pyridine rings is 1. The van der Waals surface area contributed by atoms with Gasteiger partial charge in [-0.1, -0.05) is 6.07 Å². The number of aromatic nitrogens is 1. The standard InChI is InChI=1S/C13H22N4.HI/c1-5-14-13(17-10(2)3)16-9-12-11(4)7-6-8-15-12;/h6-8,10H,5,9H2,1-4H3,(H2,14,16,17);1H. The highest BCUT2D eigenvalue weighted by Gasteiger charge is 2.01. The summed E-state index contributed by atoms with van der Waals surface area (Å²) in [6, 6.07) is 4.37. The van der Waals surface area contributed by atoms with E-state index in [-0.39, 0.29) is 24.0 Å². The van der Waals surface area contributed by atoms with Gasteiger partial charge in [0.2, 0.25) is 0 Å². The molecule has 0 spiro atoms. The molecule has 0 saturated heterocycles. The van der Waals surface area contributed by atoms with E-state index in [0.29, 0.717) is 12.6 Å². The van der Waals surface area contributed by atoms with Crippen LogP contribution in [0.2, 0.25) is 0 Å². The number of guanidine groups is 1. The van der Waals surface area contributed by atoms with Crippen molar-refractivity contribution < 1.29 is 0 Å². The van der Waals surface area contributed by atoms with Gasteiger partial charge in [0.15, 0.2) is 5.96 Å². The van der Waals surface area contributed by atoms with Gasteiger partial charge in [0.05, 0.1) is 12.2 Å². The lowest BCUT2D eigenvalue weighted by Crippen LogP contribution is -2.41. The number of hydrogen-bond donors (Lipinski definition) is 2. The maximum absolute atomic E-state index is 4.52. The van der Waals surface area contributed by atoms with Crippen molar-refractivity contribution in [2.24, 2.45) is 4.99 Å². The van der Waals surface area contributed by atoms with Crippen molar-refractivity contribution in [3.8, 4) is 0 Å². The molecule has 0 unspecified atom stereocenters. The lowest BCUT2D eigenvalue weighted by atomic mass is 10.2. The van der Waals surface area contributed by atoms with E-state index in [1.807, 2.05) is 6.07 Å². The Morgan fingerprint density at radius 2 is 2.17 bits per heavy atom. The highest BCUT2D eigenvalue weighted by molar-refractivity contribution is 14.0. The number of nitrogens with one attached hydrogen (secondary N) is 2. The van der Waals surface area contributed by atoms with E-state index in [9.17, 15) is 0 Å². The molecule has 1 aromatic heterocycles. The van der Waals surface area contributed by atoms with E-state index >= 15 is 0 Å². The van der Waals surface area contributed by atoms with Crippen LogP contribution in [0.15, 0.2) is 23.3 Å². The third-order valence-corrected chi connectivity index (χ3v) is 2.27. The highest BCUT2D eigenvalue weighted by Crippen LogP contribution is 2.04. The molecule has 0 saturated carbocycles. The van der Waals surface area contributed by atoms with Crippen LogP contribution in [-0.4, -0.2) is 23.5 Å². The van der Waals surface area contributed by atoms with E-state index < -0.39 is 0 Å². The molecular weight excluding hydrogens is 339 g/mol. The zero-order valence-corrected chi connectivity index (χ0v) is 13.9. The van der Waals surface area contributed by atoms with Crippen LogP contribution in [-0.2, 0) is 6.54 Å². The first-order chi connectivity index (χ1) is 8.13. The summed E-state index contributed by atoms with van der Waals surface area (Å²) in [6.07, 6.45) is 1.81. The summed E-state index contributed by atoms with van der Waals surface area (Å²) in [5.41, 5.74) is 2.20. The summed E-state index contributed by atoms with van der Waals surface area (Å²) in [4.78, 5) is 8.84. The average molecular weight is 362 g/mol. The molecule has 0 radical (unpaired) electrons. The zero-order valence-electron chi connectivity index (χ0n) is 11.5. The van der Waals surface area contributed by atoms with Crippen LogP contribution < -0.4 is 10.6 Å². The molecule has 18 heavy (non-hydrogen) atoms. The molecule has 1 aromatic rings. The van der Waals surface area contributed by atoms with Crippen molar-refractivity contribution in [3.05, 3.63) is 29.6 Å². The van der Waals surface area contributed by atoms with E-state index in [1.54, 1.807) is 6.20 Å². The minimum Gasteiger partial charge on any atom is -0.357 e. The molecule has 4 nitrogen and oxygen atoms in total. The number of aliphatic imine (C=N–C) groups is 1. The average Bonchev–Trinajstić information content (AvgIpc) is 2.27. The summed E-state index contributed by atoms with van der Waals surface area (Å²) < 4.78 is 0. The monoisotopic (exact) mass is 362 g/mol. The van der Waals surface area contributed by atoms with Gasteiger partial charge >= 0.3 is 0 Å². The fourth-order valence-electron chi connectivity index (χ4n) is 1.43. The Bertz CT molecular complexity index is 377. The van der Waals surface area contributed by atoms with Gasteiger partial charge in [-0.05, 0) is 39.3 Å². The SMILES string of the molecule is CCNC(=NCc1ncccc1C)NC(C)C.I. The van der Waals surface area contributed by atoms with Crippen molar-refractivity contribution in [2.75, 3.05) is 6.54 Å². The topological polar surface area (TPSA) is 49.3 Å². The fraction of sp³-hybridized carbons (Fsp3) is 0.538. The van der Waals surface area contributed by atoms with Gasteiger partial charge in [-0.25, -0.2) is 4.99 Å². The lowest BCUT2D eigenvalue weighted by Gasteiger charge is -2.14. The molecule has 1 heterocycles. The maximum Gasteiger partial charge on any atom is 0.191 e. The third-order valence-electron chi connectivity index (χ3n) is 2.27. The molecule has 1 rings (SSSR count). The predicted octanol–water partition coefficient (Wildman–Crippen LogP) is 2.47. The Hall–Kier alpha value is -0.850. The molecule has 5 heteroatoms. The molecule has 0 aromatic carbocycles. The predicted molar refractivity (Wildman–Crippen MR) is 87.5 cm³/mol. The number of aryl methyl sites for hydroxylation is 1. The van der Waals surface area contributed by atoms with Crippen molar-refractivity contribution in [3.63, 3.8) is 0 Å². The van der Waals surface area contributed by atoms with E-state index in [2.05, 4.69) is 54.4 Å². The molecular formula is C13H23IN4. The molecule has 0 aliphatic carbocycles. The van der Waals surface area contributed by atoms with Crippen molar-refractivity contribution in [1.29, 1.82) is 0 Å². The summed E-state index contributed by atoms with van der Waals surface area (Å²) >= 11 is 0. The van der Waals surface area contributed by atoms with Crippen LogP contribution in [0.4, 0.5) is 0 Å². The lowest BCUT2D eigenvalue weighted by molar-refractivity contribution is 0.699. The molecule has 0 fully saturated rings. The van der Waals surface area contributed by atoms with Gasteiger partial charge in [0.25, 0.3) is 0 Å². The summed E-state index contributed by atoms with van der Waals surface area (Å²) in [7, 11) is 0. The van der Waals surface area contributed by atoms with Crippen LogP contribution in [0.5, 0.6) is 0 Å². The number of rotatable bonds is 4. The Kier molecular flexibility index (Phi) is 8.70. The zero-order chi connectivity index (χ0) is 12.7. The van der Waals surface area contributed by atoms with Gasteiger partial charge in [-0.15, -0.1) is 24.0 Å². The highest BCUT2D eigenvalue weighted by atomic mass is 127. The molecule has 0 bridgehead atoms. The summed E-state index contributed by atoms with van der Waals surface area (Å²) in [6.45, 7) is 9.77. The van der Waals surface area contributed by atoms with E-state index in [0.717, 1.165) is 18.2 Å². The van der Waals surface area contributed by atoms with Crippen molar-refractivity contribution in [1.82, 2.24) is 15.6 Å². The minimum atomic E-state index is 0. The molecule has 0 aliphatic heterocycles. The smallest absolute Gasteiger partial charge is 0.191 e. The van der Waals surface area contributed by atoms with E-state index in [1.165, 1.54) is 5.56 Å². The molecule has 0 atom stereocenters. The summed E-state index contributed by atoms with van der Waals surface area (Å²) in [5.74, 6) is 0.840. The first-order valence-corrected chi connectivity index (χ1v) is 6.08. The Morgan fingerprint density at radius 1 is 1.44 bits per heavy atom. The van der Waals surface area contributed by atoms with Crippen LogP contribution in [0.1, 0.15) is 32.0 Å². The van der Waals surface area contributed by atoms with Crippen molar-refractivity contribution >= 4 is 29.9 Å². The number of halogens is 1. The van der Waals surface area contributed by atoms with Crippen LogP contribution >= 0.6 is 24.0 Å². The second-order valence-electron chi connectivity index (χ2n) is 4.26. The molecule has 0 amide bonds. The summed E-state index contributed by atoms with van der Waals surface area (Å²) in [5, 5.41) is 6.50. The quantitative estimate of drug-likeness (QED) is 0.492. The fourth-order valence-corrected chi connectivity index (χ4v) is 1.43. The van der Waals surface area contributed by atoms with Crippen LogP contribution in [0.3, 0.4) is 0 Å². The maximum atomic E-state index is 4.52. The van der Waals surface area contributed by atoms with Gasteiger partial charge in [-0.2, -0.15) is 0 Å². The minimum absolute atomic E-state index is 0. The van der Waals surface area contributed by atoms with Crippen LogP contribution in [0, 0.1) is 6.92 Å². The molecule has 2 N–H and O–H groups in total. The van der Waals surface area contributed by atoms with Gasteiger partial charge in [0.1, 0.15) is 0 Å². The number of hydrogen-bond acceptors (Lipinski definition) is 2. The molecule has 0 aliphatic rings. The van der Waals surface area contributed by atoms with Gasteiger partial charge in [-0.3, -0.25) is 4.98 Å². The van der Waals surface area contributed by atoms with Crippen LogP contribution in [0.25, 0.3) is 0 Å². The van der Waals surface area contributed by atoms with Gasteiger partial charge < -0.3 is 10.6 Å². The van der Waals surface area contributed by atoms with Gasteiger partial charge in [0, 0.05) is 18.8 Å². The second kappa shape index (κ2) is 9.13. The van der Waals surface area contributed by atoms with E-state index in [4.69, 9.17) is 0 Å². The van der Waals surface area contributed by atoms with Crippen molar-refractivity contribution in [2.45, 2.75) is 40.3 Å². The molecule has 102 valence electrons. The first kappa shape index (κ1) is 17.2. The largest absolute Gasteiger partial charge is 0.357 e. The first-order valence-electron chi connectivity index (χ1n) is 6.08. The normalized spacial score (nSPS) is 11.1. The third kappa shape index (κ3) is 6.18. The number of nitrogens with zero attached hydrogens (tertiary/aromatic N) is 2. The Morgan fingerprint density at radius 3 is 2.72 bits per heavy atom. The Balaban J connectivity index is 0.00000289. The Labute approximate surface area is 127 Å².